The van der Waals surface area contributed by atoms with E-state index in [1.807, 2.05) is 39.0 Å². The van der Waals surface area contributed by atoms with E-state index in [1.165, 1.54) is 17.6 Å². The molecule has 0 heterocycles. The van der Waals surface area contributed by atoms with Crippen molar-refractivity contribution in [1.82, 2.24) is 0 Å². The minimum Gasteiger partial charge on any atom is -0.494 e. The highest BCUT2D eigenvalue weighted by atomic mass is 16.5. The van der Waals surface area contributed by atoms with Crippen LogP contribution in [-0.2, 0) is 0 Å². The molecule has 0 aliphatic rings. The van der Waals surface area contributed by atoms with Crippen LogP contribution in [0.2, 0.25) is 0 Å². The van der Waals surface area contributed by atoms with Crippen molar-refractivity contribution in [3.05, 3.63) is 78.4 Å². The first-order valence-corrected chi connectivity index (χ1v) is 10.7. The lowest BCUT2D eigenvalue weighted by atomic mass is 9.69. The van der Waals surface area contributed by atoms with Crippen molar-refractivity contribution in [1.29, 1.82) is 0 Å². The summed E-state index contributed by atoms with van der Waals surface area (Å²) in [5, 5.41) is 0. The molecule has 1 aromatic carbocycles. The van der Waals surface area contributed by atoms with E-state index in [4.69, 9.17) is 4.74 Å². The first-order chi connectivity index (χ1) is 13.4. The molecule has 1 atom stereocenters. The molecule has 1 nitrogen and oxygen atoms in total. The third-order valence-corrected chi connectivity index (χ3v) is 4.67. The normalized spacial score (nSPS) is 13.5. The Hall–Kier alpha value is -2.02. The minimum absolute atomic E-state index is 0.278. The monoisotopic (exact) mass is 396 g/mol. The van der Waals surface area contributed by atoms with Crippen molar-refractivity contribution in [2.45, 2.75) is 74.7 Å². The van der Waals surface area contributed by atoms with Gasteiger partial charge < -0.3 is 4.74 Å². The van der Waals surface area contributed by atoms with Crippen LogP contribution in [0, 0.1) is 10.8 Å². The van der Waals surface area contributed by atoms with Crippen LogP contribution < -0.4 is 4.74 Å². The van der Waals surface area contributed by atoms with Crippen molar-refractivity contribution in [3.8, 4) is 5.75 Å². The summed E-state index contributed by atoms with van der Waals surface area (Å²) in [6.07, 6.45) is 8.89. The van der Waals surface area contributed by atoms with Crippen molar-refractivity contribution in [2.75, 3.05) is 6.61 Å². The average Bonchev–Trinajstić information content (AvgIpc) is 2.60. The number of hydrogen-bond donors (Lipinski definition) is 0. The Balaban J connectivity index is 0.000000665. The average molecular weight is 397 g/mol. The van der Waals surface area contributed by atoms with E-state index in [0.29, 0.717) is 11.3 Å². The van der Waals surface area contributed by atoms with Gasteiger partial charge >= 0.3 is 0 Å². The summed E-state index contributed by atoms with van der Waals surface area (Å²) in [5.74, 6) is 1.54. The summed E-state index contributed by atoms with van der Waals surface area (Å²) in [5.41, 5.74) is 4.29. The van der Waals surface area contributed by atoms with Crippen molar-refractivity contribution in [2.24, 2.45) is 10.8 Å². The molecule has 0 aromatic heterocycles. The first-order valence-electron chi connectivity index (χ1n) is 10.7. The Morgan fingerprint density at radius 3 is 1.97 bits per heavy atom. The second-order valence-electron chi connectivity index (χ2n) is 9.80. The van der Waals surface area contributed by atoms with Gasteiger partial charge in [-0.05, 0) is 67.2 Å². The summed E-state index contributed by atoms with van der Waals surface area (Å²) in [6, 6.07) is 8.65. The number of benzene rings is 1. The van der Waals surface area contributed by atoms with E-state index in [9.17, 15) is 0 Å². The minimum atomic E-state index is 0.278. The molecule has 0 aliphatic carbocycles. The zero-order valence-electron chi connectivity index (χ0n) is 20.4. The number of rotatable bonds is 7. The topological polar surface area (TPSA) is 9.23 Å². The largest absolute Gasteiger partial charge is 0.494 e. The predicted molar refractivity (Wildman–Crippen MR) is 132 cm³/mol. The maximum absolute atomic E-state index is 5.53. The summed E-state index contributed by atoms with van der Waals surface area (Å²) in [7, 11) is 0. The van der Waals surface area contributed by atoms with E-state index in [0.717, 1.165) is 17.9 Å². The molecule has 1 rings (SSSR count). The third kappa shape index (κ3) is 11.5. The van der Waals surface area contributed by atoms with Gasteiger partial charge in [-0.15, -0.1) is 0 Å². The van der Waals surface area contributed by atoms with Gasteiger partial charge in [-0.2, -0.15) is 0 Å². The Bertz CT molecular complexity index is 673. The fourth-order valence-corrected chi connectivity index (χ4v) is 3.16. The Morgan fingerprint density at radius 2 is 1.62 bits per heavy atom. The van der Waals surface area contributed by atoms with Gasteiger partial charge in [0.15, 0.2) is 0 Å². The molecule has 29 heavy (non-hydrogen) atoms. The summed E-state index contributed by atoms with van der Waals surface area (Å²) < 4.78 is 5.53. The molecule has 0 fully saturated rings. The van der Waals surface area contributed by atoms with Crippen molar-refractivity contribution >= 4 is 0 Å². The molecule has 1 aromatic rings. The maximum Gasteiger partial charge on any atom is 0.119 e. The highest BCUT2D eigenvalue weighted by Crippen LogP contribution is 2.43. The Morgan fingerprint density at radius 1 is 1.07 bits per heavy atom. The van der Waals surface area contributed by atoms with Gasteiger partial charge in [0.1, 0.15) is 5.75 Å². The highest BCUT2D eigenvalue weighted by molar-refractivity contribution is 5.37. The molecule has 0 bridgehead atoms. The van der Waals surface area contributed by atoms with Gasteiger partial charge in [0.2, 0.25) is 0 Å². The third-order valence-electron chi connectivity index (χ3n) is 4.67. The van der Waals surface area contributed by atoms with Crippen molar-refractivity contribution < 1.29 is 4.74 Å². The zero-order chi connectivity index (χ0) is 22.7. The van der Waals surface area contributed by atoms with Gasteiger partial charge in [-0.1, -0.05) is 96.7 Å². The maximum atomic E-state index is 5.53. The van der Waals surface area contributed by atoms with E-state index in [-0.39, 0.29) is 5.41 Å². The fourth-order valence-electron chi connectivity index (χ4n) is 3.16. The van der Waals surface area contributed by atoms with E-state index in [1.54, 1.807) is 6.08 Å². The Labute approximate surface area is 181 Å². The van der Waals surface area contributed by atoms with Crippen LogP contribution >= 0.6 is 0 Å². The molecular formula is C28H44O. The lowest BCUT2D eigenvalue weighted by molar-refractivity contribution is 0.229. The molecule has 1 heteroatoms. The van der Waals surface area contributed by atoms with Crippen LogP contribution in [0.3, 0.4) is 0 Å². The summed E-state index contributed by atoms with van der Waals surface area (Å²) in [6.45, 7) is 28.1. The second-order valence-corrected chi connectivity index (χ2v) is 9.80. The SMILES string of the molecule is C=C/C=C\C(=C/C)C(=C)C.CCOc1ccc(C(CC(C)(C)C)C(C)(C)C)cc1. The number of ether oxygens (including phenoxy) is 1. The predicted octanol–water partition coefficient (Wildman–Crippen LogP) is 8.90. The van der Waals surface area contributed by atoms with Crippen LogP contribution in [0.5, 0.6) is 5.75 Å². The van der Waals surface area contributed by atoms with Crippen LogP contribution in [-0.4, -0.2) is 6.61 Å². The smallest absolute Gasteiger partial charge is 0.119 e. The van der Waals surface area contributed by atoms with Gasteiger partial charge in [-0.25, -0.2) is 0 Å². The number of hydrogen-bond acceptors (Lipinski definition) is 1. The molecule has 0 amide bonds. The van der Waals surface area contributed by atoms with Gasteiger partial charge in [0.05, 0.1) is 6.61 Å². The fraction of sp³-hybridized carbons (Fsp3) is 0.500. The molecule has 1 unspecified atom stereocenters. The molecule has 0 spiro atoms. The van der Waals surface area contributed by atoms with E-state index in [2.05, 4.69) is 79.0 Å². The second kappa shape index (κ2) is 12.5. The standard InChI is InChI=1S/C18H30O.C10H14/c1-8-19-15-11-9-14(10-12-15)16(18(5,6)7)13-17(2,3)4;1-5-7-8-10(6-2)9(3)4/h9-12,16H,8,13H2,1-7H3;5-8H,1,3H2,2,4H3/b;8-7-,10-6+. The van der Waals surface area contributed by atoms with Gasteiger partial charge in [0.25, 0.3) is 0 Å². The van der Waals surface area contributed by atoms with Gasteiger partial charge in [-0.3, -0.25) is 0 Å². The summed E-state index contributed by atoms with van der Waals surface area (Å²) in [4.78, 5) is 0. The number of allylic oxidation sites excluding steroid dienone is 6. The molecule has 162 valence electrons. The van der Waals surface area contributed by atoms with E-state index < -0.39 is 0 Å². The summed E-state index contributed by atoms with van der Waals surface area (Å²) >= 11 is 0. The molecule has 0 saturated heterocycles. The lowest BCUT2D eigenvalue weighted by Gasteiger charge is -2.36. The van der Waals surface area contributed by atoms with Crippen LogP contribution in [0.25, 0.3) is 0 Å². The zero-order valence-corrected chi connectivity index (χ0v) is 20.4. The molecule has 0 N–H and O–H groups in total. The highest BCUT2D eigenvalue weighted by Gasteiger charge is 2.30. The lowest BCUT2D eigenvalue weighted by Crippen LogP contribution is -2.23. The first kappa shape index (κ1) is 27.0. The molecule has 0 radical (unpaired) electrons. The molecular weight excluding hydrogens is 352 g/mol. The molecule has 0 saturated carbocycles. The van der Waals surface area contributed by atoms with Gasteiger partial charge in [0, 0.05) is 0 Å². The Kier molecular flexibility index (Phi) is 11.7. The quantitative estimate of drug-likeness (QED) is 0.418. The van der Waals surface area contributed by atoms with Crippen LogP contribution in [0.15, 0.2) is 72.9 Å². The molecule has 0 aliphatic heterocycles. The van der Waals surface area contributed by atoms with Crippen LogP contribution in [0.4, 0.5) is 0 Å². The van der Waals surface area contributed by atoms with Crippen LogP contribution in [0.1, 0.15) is 80.2 Å². The van der Waals surface area contributed by atoms with Crippen molar-refractivity contribution in [3.63, 3.8) is 0 Å². The van der Waals surface area contributed by atoms with E-state index >= 15 is 0 Å².